The molecule has 98 valence electrons. The molecule has 1 heterocycles. The second-order valence-corrected chi connectivity index (χ2v) is 4.90. The van der Waals surface area contributed by atoms with Crippen LogP contribution in [0.2, 0.25) is 0 Å². The third-order valence-electron chi connectivity index (χ3n) is 3.83. The summed E-state index contributed by atoms with van der Waals surface area (Å²) in [6.07, 6.45) is -0.190. The largest absolute Gasteiger partial charge is 0.521 e. The van der Waals surface area contributed by atoms with Crippen molar-refractivity contribution in [2.45, 2.75) is 32.4 Å². The normalized spacial score (nSPS) is 26.1. The standard InChI is InChI=1S/C14H14N2O3/c1-10-2-7-13(17)16(10,14(18)19)9-12-5-3-11(8-15)4-6-12/h3-6,10H,2,7,9H2,1H3/p+1/t10-,16?/m1/s1. The lowest BCUT2D eigenvalue weighted by atomic mass is 10.1. The maximum Gasteiger partial charge on any atom is 0.521 e. The molecule has 0 aromatic heterocycles. The zero-order chi connectivity index (χ0) is 14.0. The Hall–Kier alpha value is -2.19. The first-order valence-corrected chi connectivity index (χ1v) is 6.14. The van der Waals surface area contributed by atoms with E-state index in [1.807, 2.05) is 6.07 Å². The smallest absolute Gasteiger partial charge is 0.435 e. The Bertz CT molecular complexity index is 559. The van der Waals surface area contributed by atoms with Crippen molar-refractivity contribution in [2.75, 3.05) is 0 Å². The van der Waals surface area contributed by atoms with Gasteiger partial charge in [-0.2, -0.15) is 14.5 Å². The Kier molecular flexibility index (Phi) is 3.36. The number of quaternary nitrogens is 1. The third-order valence-corrected chi connectivity index (χ3v) is 3.83. The minimum Gasteiger partial charge on any atom is -0.435 e. The van der Waals surface area contributed by atoms with E-state index in [2.05, 4.69) is 0 Å². The van der Waals surface area contributed by atoms with Gasteiger partial charge in [0, 0.05) is 12.0 Å². The van der Waals surface area contributed by atoms with Gasteiger partial charge in [0.1, 0.15) is 12.6 Å². The summed E-state index contributed by atoms with van der Waals surface area (Å²) >= 11 is 0. The first-order valence-electron chi connectivity index (χ1n) is 6.14. The Morgan fingerprint density at radius 2 is 2.11 bits per heavy atom. The van der Waals surface area contributed by atoms with E-state index in [0.717, 1.165) is 5.56 Å². The predicted molar refractivity (Wildman–Crippen MR) is 66.8 cm³/mol. The van der Waals surface area contributed by atoms with Gasteiger partial charge in [-0.05, 0) is 19.1 Å². The second kappa shape index (κ2) is 4.82. The Morgan fingerprint density at radius 1 is 1.47 bits per heavy atom. The van der Waals surface area contributed by atoms with E-state index in [9.17, 15) is 14.7 Å². The number of nitriles is 1. The third kappa shape index (κ3) is 2.11. The molecule has 1 saturated heterocycles. The number of carbonyl (C=O) groups is 2. The lowest BCUT2D eigenvalue weighted by molar-refractivity contribution is -0.811. The Morgan fingerprint density at radius 3 is 2.53 bits per heavy atom. The SMILES string of the molecule is C[C@@H]1CCC(=O)[N+]1(Cc1ccc(C#N)cc1)C(=O)O. The summed E-state index contributed by atoms with van der Waals surface area (Å²) in [4.78, 5) is 23.6. The van der Waals surface area contributed by atoms with Gasteiger partial charge in [-0.15, -0.1) is 0 Å². The van der Waals surface area contributed by atoms with Crippen LogP contribution in [-0.4, -0.2) is 27.6 Å². The van der Waals surface area contributed by atoms with Gasteiger partial charge in [-0.3, -0.25) is 0 Å². The number of carbonyl (C=O) groups excluding carboxylic acids is 1. The lowest BCUT2D eigenvalue weighted by Crippen LogP contribution is -2.56. The number of imide groups is 1. The molecule has 1 fully saturated rings. The number of nitrogens with zero attached hydrogens (tertiary/aromatic N) is 2. The van der Waals surface area contributed by atoms with Crippen molar-refractivity contribution in [3.05, 3.63) is 35.4 Å². The van der Waals surface area contributed by atoms with Crippen molar-refractivity contribution in [1.29, 1.82) is 5.26 Å². The van der Waals surface area contributed by atoms with Gasteiger partial charge >= 0.3 is 12.0 Å². The highest BCUT2D eigenvalue weighted by atomic mass is 16.4. The fraction of sp³-hybridized carbons (Fsp3) is 0.357. The van der Waals surface area contributed by atoms with E-state index >= 15 is 0 Å². The van der Waals surface area contributed by atoms with Crippen molar-refractivity contribution in [3.63, 3.8) is 0 Å². The summed E-state index contributed by atoms with van der Waals surface area (Å²) in [7, 11) is 0. The monoisotopic (exact) mass is 259 g/mol. The topological polar surface area (TPSA) is 78.2 Å². The van der Waals surface area contributed by atoms with Crippen molar-refractivity contribution < 1.29 is 19.2 Å². The maximum atomic E-state index is 12.0. The highest BCUT2D eigenvalue weighted by molar-refractivity contribution is 5.82. The zero-order valence-electron chi connectivity index (χ0n) is 10.7. The molecule has 1 N–H and O–H groups in total. The molecule has 0 saturated carbocycles. The van der Waals surface area contributed by atoms with Gasteiger partial charge in [0.25, 0.3) is 0 Å². The van der Waals surface area contributed by atoms with E-state index < -0.39 is 10.6 Å². The first kappa shape index (κ1) is 13.2. The van der Waals surface area contributed by atoms with Crippen LogP contribution in [0.3, 0.4) is 0 Å². The zero-order valence-corrected chi connectivity index (χ0v) is 10.7. The van der Waals surface area contributed by atoms with Crippen LogP contribution in [0.15, 0.2) is 24.3 Å². The van der Waals surface area contributed by atoms with Gasteiger partial charge in [0.2, 0.25) is 0 Å². The fourth-order valence-corrected chi connectivity index (χ4v) is 2.58. The minimum atomic E-state index is -1.10. The fourth-order valence-electron chi connectivity index (χ4n) is 2.58. The van der Waals surface area contributed by atoms with E-state index in [1.165, 1.54) is 0 Å². The molecule has 0 bridgehead atoms. The van der Waals surface area contributed by atoms with Crippen LogP contribution in [0, 0.1) is 11.3 Å². The molecule has 0 radical (unpaired) electrons. The van der Waals surface area contributed by atoms with Crippen molar-refractivity contribution in [1.82, 2.24) is 0 Å². The van der Waals surface area contributed by atoms with Gasteiger partial charge in [0.15, 0.2) is 0 Å². The maximum absolute atomic E-state index is 12.0. The number of hydrogen-bond acceptors (Lipinski definition) is 3. The quantitative estimate of drug-likeness (QED) is 0.826. The average Bonchev–Trinajstić information content (AvgIpc) is 2.68. The van der Waals surface area contributed by atoms with E-state index in [0.29, 0.717) is 18.4 Å². The van der Waals surface area contributed by atoms with Crippen LogP contribution in [0.25, 0.3) is 0 Å². The molecule has 0 aliphatic carbocycles. The van der Waals surface area contributed by atoms with Crippen molar-refractivity contribution in [3.8, 4) is 6.07 Å². The number of rotatable bonds is 2. The van der Waals surface area contributed by atoms with Gasteiger partial charge < -0.3 is 5.11 Å². The highest BCUT2D eigenvalue weighted by Crippen LogP contribution is 2.31. The molecule has 5 nitrogen and oxygen atoms in total. The van der Waals surface area contributed by atoms with Gasteiger partial charge in [-0.25, -0.2) is 4.79 Å². The molecular weight excluding hydrogens is 244 g/mol. The molecule has 1 unspecified atom stereocenters. The molecule has 2 amide bonds. The number of likely N-dealkylation sites (tertiary alicyclic amines) is 1. The number of amides is 2. The molecule has 2 atom stereocenters. The predicted octanol–water partition coefficient (Wildman–Crippen LogP) is 2.26. The van der Waals surface area contributed by atoms with Crippen LogP contribution in [0.4, 0.5) is 4.79 Å². The Balaban J connectivity index is 2.34. The molecule has 5 heteroatoms. The molecular formula is C14H15N2O3+. The molecule has 2 rings (SSSR count). The Labute approximate surface area is 111 Å². The molecule has 1 aromatic carbocycles. The minimum absolute atomic E-state index is 0.140. The van der Waals surface area contributed by atoms with Gasteiger partial charge in [0.05, 0.1) is 18.1 Å². The average molecular weight is 259 g/mol. The number of carboxylic acid groups (broad SMARTS) is 1. The summed E-state index contributed by atoms with van der Waals surface area (Å²) < 4.78 is -0.536. The van der Waals surface area contributed by atoms with Crippen molar-refractivity contribution >= 4 is 12.0 Å². The number of benzene rings is 1. The summed E-state index contributed by atoms with van der Waals surface area (Å²) in [5.74, 6) is -0.246. The summed E-state index contributed by atoms with van der Waals surface area (Å²) in [5.41, 5.74) is 1.27. The molecule has 1 aliphatic rings. The molecule has 1 aliphatic heterocycles. The van der Waals surface area contributed by atoms with Crippen LogP contribution < -0.4 is 0 Å². The van der Waals surface area contributed by atoms with Gasteiger partial charge in [-0.1, -0.05) is 12.1 Å². The van der Waals surface area contributed by atoms with Crippen LogP contribution in [0.1, 0.15) is 30.9 Å². The number of hydrogen-bond donors (Lipinski definition) is 1. The lowest BCUT2D eigenvalue weighted by Gasteiger charge is -2.29. The molecule has 0 spiro atoms. The second-order valence-electron chi connectivity index (χ2n) is 4.90. The van der Waals surface area contributed by atoms with E-state index in [4.69, 9.17) is 5.26 Å². The summed E-state index contributed by atoms with van der Waals surface area (Å²) in [6, 6.07) is 8.48. The summed E-state index contributed by atoms with van der Waals surface area (Å²) in [5, 5.41) is 18.2. The van der Waals surface area contributed by atoms with Crippen molar-refractivity contribution in [2.24, 2.45) is 0 Å². The van der Waals surface area contributed by atoms with E-state index in [-0.39, 0.29) is 18.5 Å². The van der Waals surface area contributed by atoms with E-state index in [1.54, 1.807) is 31.2 Å². The van der Waals surface area contributed by atoms with Crippen LogP contribution >= 0.6 is 0 Å². The van der Waals surface area contributed by atoms with Crippen LogP contribution in [-0.2, 0) is 11.3 Å². The first-order chi connectivity index (χ1) is 9.00. The molecule has 19 heavy (non-hydrogen) atoms. The molecule has 1 aromatic rings. The highest BCUT2D eigenvalue weighted by Gasteiger charge is 2.53. The summed E-state index contributed by atoms with van der Waals surface area (Å²) in [6.45, 7) is 1.93. The van der Waals surface area contributed by atoms with Crippen LogP contribution in [0.5, 0.6) is 0 Å².